The van der Waals surface area contributed by atoms with Crippen LogP contribution in [0.1, 0.15) is 25.8 Å². The molecule has 0 aromatic heterocycles. The molecule has 1 atom stereocenters. The summed E-state index contributed by atoms with van der Waals surface area (Å²) in [5.74, 6) is -0.263. The summed E-state index contributed by atoms with van der Waals surface area (Å²) in [6, 6.07) is 9.19. The lowest BCUT2D eigenvalue weighted by Gasteiger charge is -2.19. The predicted octanol–water partition coefficient (Wildman–Crippen LogP) is 0.882. The second-order valence-electron chi connectivity index (χ2n) is 5.70. The molecule has 1 saturated heterocycles. The van der Waals surface area contributed by atoms with Crippen molar-refractivity contribution >= 4 is 21.6 Å². The molecule has 1 aromatic carbocycles. The average Bonchev–Trinajstić information content (AvgIpc) is 2.81. The first-order valence-electron chi connectivity index (χ1n) is 6.49. The van der Waals surface area contributed by atoms with Crippen molar-refractivity contribution in [2.24, 2.45) is 5.14 Å². The minimum Gasteiger partial charge on any atom is -0.311 e. The number of rotatable bonds is 3. The number of primary sulfonamides is 1. The number of carbonyl (C=O) groups is 1. The first-order valence-corrected chi connectivity index (χ1v) is 8.10. The van der Waals surface area contributed by atoms with Gasteiger partial charge in [0.25, 0.3) is 0 Å². The number of nitrogens with zero attached hydrogens (tertiary/aromatic N) is 2. The Kier molecular flexibility index (Phi) is 3.78. The van der Waals surface area contributed by atoms with E-state index in [4.69, 9.17) is 10.4 Å². The number of sulfonamides is 1. The van der Waals surface area contributed by atoms with Gasteiger partial charge in [-0.2, -0.15) is 5.26 Å². The number of benzene rings is 1. The van der Waals surface area contributed by atoms with Gasteiger partial charge < -0.3 is 4.90 Å². The van der Waals surface area contributed by atoms with Gasteiger partial charge in [-0.3, -0.25) is 4.79 Å². The van der Waals surface area contributed by atoms with Crippen LogP contribution >= 0.6 is 0 Å². The Bertz CT molecular complexity index is 702. The van der Waals surface area contributed by atoms with Gasteiger partial charge in [0.15, 0.2) is 0 Å². The number of nitrogens with two attached hydrogens (primary N) is 1. The minimum atomic E-state index is -3.72. The number of hydrogen-bond donors (Lipinski definition) is 1. The zero-order valence-corrected chi connectivity index (χ0v) is 12.7. The van der Waals surface area contributed by atoms with Crippen LogP contribution in [0.5, 0.6) is 0 Å². The Labute approximate surface area is 124 Å². The van der Waals surface area contributed by atoms with Gasteiger partial charge in [-0.05, 0) is 31.5 Å². The summed E-state index contributed by atoms with van der Waals surface area (Å²) in [5, 5.41) is 13.3. The van der Waals surface area contributed by atoms with Crippen molar-refractivity contribution in [2.75, 3.05) is 11.4 Å². The molecule has 1 aliphatic heterocycles. The second-order valence-corrected chi connectivity index (χ2v) is 7.55. The largest absolute Gasteiger partial charge is 0.311 e. The van der Waals surface area contributed by atoms with Crippen molar-refractivity contribution in [1.82, 2.24) is 0 Å². The molecular formula is C14H17N3O3S. The SMILES string of the molecule is CC(C)(C#N)c1ccc(N2CC(S(N)(=O)=O)CC2=O)cc1. The standard InChI is InChI=1S/C14H17N3O3S/c1-14(2,9-15)10-3-5-11(6-4-10)17-8-12(7-13(17)18)21(16,19)20/h3-6,12H,7-8H2,1-2H3,(H2,16,19,20). The van der Waals surface area contributed by atoms with Gasteiger partial charge >= 0.3 is 0 Å². The quantitative estimate of drug-likeness (QED) is 0.895. The molecule has 1 aromatic rings. The zero-order valence-electron chi connectivity index (χ0n) is 11.9. The normalized spacial score (nSPS) is 19.6. The molecule has 1 heterocycles. The van der Waals surface area contributed by atoms with Crippen LogP contribution in [0.3, 0.4) is 0 Å². The molecule has 0 radical (unpaired) electrons. The molecule has 1 aliphatic rings. The fourth-order valence-electron chi connectivity index (χ4n) is 2.27. The van der Waals surface area contributed by atoms with Gasteiger partial charge in [-0.25, -0.2) is 13.6 Å². The van der Waals surface area contributed by atoms with Gasteiger partial charge in [0.05, 0.1) is 11.5 Å². The Morgan fingerprint density at radius 3 is 2.33 bits per heavy atom. The molecule has 21 heavy (non-hydrogen) atoms. The molecule has 112 valence electrons. The zero-order chi connectivity index (χ0) is 15.8. The predicted molar refractivity (Wildman–Crippen MR) is 78.9 cm³/mol. The number of nitriles is 1. The molecule has 2 rings (SSSR count). The van der Waals surface area contributed by atoms with Crippen molar-refractivity contribution in [2.45, 2.75) is 30.9 Å². The fourth-order valence-corrected chi connectivity index (χ4v) is 3.00. The molecule has 0 aliphatic carbocycles. The van der Waals surface area contributed by atoms with Crippen LogP contribution < -0.4 is 10.0 Å². The van der Waals surface area contributed by atoms with Crippen LogP contribution in [0, 0.1) is 11.3 Å². The van der Waals surface area contributed by atoms with Gasteiger partial charge in [-0.1, -0.05) is 12.1 Å². The Hall–Kier alpha value is -1.91. The highest BCUT2D eigenvalue weighted by atomic mass is 32.2. The lowest BCUT2D eigenvalue weighted by molar-refractivity contribution is -0.117. The molecule has 1 fully saturated rings. The van der Waals surface area contributed by atoms with E-state index in [0.29, 0.717) is 5.69 Å². The highest BCUT2D eigenvalue weighted by Crippen LogP contribution is 2.28. The third-order valence-electron chi connectivity index (χ3n) is 3.73. The minimum absolute atomic E-state index is 0.0681. The van der Waals surface area contributed by atoms with E-state index in [2.05, 4.69) is 6.07 Å². The Balaban J connectivity index is 2.25. The Morgan fingerprint density at radius 1 is 1.33 bits per heavy atom. The van der Waals surface area contributed by atoms with Gasteiger partial charge in [0.2, 0.25) is 15.9 Å². The molecule has 1 unspecified atom stereocenters. The topological polar surface area (TPSA) is 104 Å². The van der Waals surface area contributed by atoms with Crippen LogP contribution in [0.15, 0.2) is 24.3 Å². The fraction of sp³-hybridized carbons (Fsp3) is 0.429. The lowest BCUT2D eigenvalue weighted by Crippen LogP contribution is -2.32. The maximum absolute atomic E-state index is 11.9. The molecule has 6 nitrogen and oxygen atoms in total. The number of amides is 1. The summed E-state index contributed by atoms with van der Waals surface area (Å²) < 4.78 is 22.7. The smallest absolute Gasteiger partial charge is 0.228 e. The molecule has 2 N–H and O–H groups in total. The van der Waals surface area contributed by atoms with Crippen LogP contribution in [-0.4, -0.2) is 26.1 Å². The van der Waals surface area contributed by atoms with E-state index in [-0.39, 0.29) is 18.9 Å². The molecule has 7 heteroatoms. The number of carbonyl (C=O) groups excluding carboxylic acids is 1. The first kappa shape index (κ1) is 15.5. The van der Waals surface area contributed by atoms with Crippen LogP contribution in [0.2, 0.25) is 0 Å². The summed E-state index contributed by atoms with van der Waals surface area (Å²) in [5.41, 5.74) is 0.837. The van der Waals surface area contributed by atoms with Crippen molar-refractivity contribution in [3.05, 3.63) is 29.8 Å². The average molecular weight is 307 g/mol. The van der Waals surface area contributed by atoms with Gasteiger partial charge in [0.1, 0.15) is 5.25 Å². The summed E-state index contributed by atoms with van der Waals surface area (Å²) in [6.45, 7) is 3.68. The first-order chi connectivity index (χ1) is 9.65. The van der Waals surface area contributed by atoms with Crippen molar-refractivity contribution in [3.63, 3.8) is 0 Å². The summed E-state index contributed by atoms with van der Waals surface area (Å²) in [6.07, 6.45) is -0.0930. The van der Waals surface area contributed by atoms with Crippen LogP contribution in [0.25, 0.3) is 0 Å². The van der Waals surface area contributed by atoms with Gasteiger partial charge in [-0.15, -0.1) is 0 Å². The monoisotopic (exact) mass is 307 g/mol. The van der Waals surface area contributed by atoms with Crippen molar-refractivity contribution in [3.8, 4) is 6.07 Å². The molecule has 1 amide bonds. The summed E-state index contributed by atoms with van der Waals surface area (Å²) >= 11 is 0. The van der Waals surface area contributed by atoms with E-state index in [9.17, 15) is 13.2 Å². The van der Waals surface area contributed by atoms with Gasteiger partial charge in [0, 0.05) is 18.7 Å². The third-order valence-corrected chi connectivity index (χ3v) is 4.98. The molecular weight excluding hydrogens is 290 g/mol. The molecule has 0 saturated carbocycles. The van der Waals surface area contributed by atoms with Crippen molar-refractivity contribution < 1.29 is 13.2 Å². The molecule has 0 spiro atoms. The summed E-state index contributed by atoms with van der Waals surface area (Å²) in [7, 11) is -3.72. The van der Waals surface area contributed by atoms with E-state index in [1.54, 1.807) is 38.1 Å². The highest BCUT2D eigenvalue weighted by Gasteiger charge is 2.37. The molecule has 0 bridgehead atoms. The number of hydrogen-bond acceptors (Lipinski definition) is 4. The number of anilines is 1. The van der Waals surface area contributed by atoms with E-state index in [1.165, 1.54) is 4.90 Å². The van der Waals surface area contributed by atoms with E-state index >= 15 is 0 Å². The maximum atomic E-state index is 11.9. The Morgan fingerprint density at radius 2 is 1.90 bits per heavy atom. The van der Waals surface area contributed by atoms with E-state index in [1.807, 2.05) is 0 Å². The summed E-state index contributed by atoms with van der Waals surface area (Å²) in [4.78, 5) is 13.3. The lowest BCUT2D eigenvalue weighted by atomic mass is 9.86. The van der Waals surface area contributed by atoms with E-state index < -0.39 is 20.7 Å². The third kappa shape index (κ3) is 3.06. The second kappa shape index (κ2) is 5.13. The highest BCUT2D eigenvalue weighted by molar-refractivity contribution is 7.89. The van der Waals surface area contributed by atoms with Crippen LogP contribution in [-0.2, 0) is 20.2 Å². The van der Waals surface area contributed by atoms with Crippen LogP contribution in [0.4, 0.5) is 5.69 Å². The van der Waals surface area contributed by atoms with E-state index in [0.717, 1.165) is 5.56 Å². The van der Waals surface area contributed by atoms with Crippen molar-refractivity contribution in [1.29, 1.82) is 5.26 Å². The maximum Gasteiger partial charge on any atom is 0.228 e.